The molecule has 3 aromatic carbocycles. The van der Waals surface area contributed by atoms with E-state index in [1.807, 2.05) is 31.2 Å². The zero-order valence-electron chi connectivity index (χ0n) is 25.5. The lowest BCUT2D eigenvalue weighted by Gasteiger charge is -2.23. The first-order valence-corrected chi connectivity index (χ1v) is 13.9. The maximum absolute atomic E-state index is 14.0. The highest BCUT2D eigenvalue weighted by atomic mass is 16.5. The number of pyridine rings is 1. The fourth-order valence-corrected chi connectivity index (χ4v) is 4.46. The molecule has 0 fully saturated rings. The molecule has 0 unspecified atom stereocenters. The third-order valence-corrected chi connectivity index (χ3v) is 6.76. The van der Waals surface area contributed by atoms with Gasteiger partial charge < -0.3 is 28.4 Å². The molecule has 0 N–H and O–H groups in total. The van der Waals surface area contributed by atoms with Crippen molar-refractivity contribution in [3.8, 4) is 34.5 Å². The van der Waals surface area contributed by atoms with Crippen molar-refractivity contribution in [2.24, 2.45) is 0 Å². The summed E-state index contributed by atoms with van der Waals surface area (Å²) in [6, 6.07) is 21.3. The van der Waals surface area contributed by atoms with Crippen LogP contribution in [0, 0.1) is 6.92 Å². The van der Waals surface area contributed by atoms with Gasteiger partial charge in [0.15, 0.2) is 11.6 Å². The second-order valence-electron chi connectivity index (χ2n) is 9.67. The maximum Gasteiger partial charge on any atom is 0.239 e. The monoisotopic (exact) mass is 600 g/mol. The van der Waals surface area contributed by atoms with Crippen molar-refractivity contribution in [2.75, 3.05) is 46.6 Å². The van der Waals surface area contributed by atoms with E-state index in [0.717, 1.165) is 10.5 Å². The summed E-state index contributed by atoms with van der Waals surface area (Å²) >= 11 is 0. The van der Waals surface area contributed by atoms with Crippen LogP contribution in [0.5, 0.6) is 34.5 Å². The summed E-state index contributed by atoms with van der Waals surface area (Å²) in [7, 11) is 6.10. The smallest absolute Gasteiger partial charge is 0.239 e. The summed E-state index contributed by atoms with van der Waals surface area (Å²) < 4.78 is 33.3. The summed E-state index contributed by atoms with van der Waals surface area (Å²) in [6.07, 6.45) is 1.21. The van der Waals surface area contributed by atoms with Crippen molar-refractivity contribution in [3.63, 3.8) is 0 Å². The second kappa shape index (κ2) is 15.3. The summed E-state index contributed by atoms with van der Waals surface area (Å²) in [6.45, 7) is 2.40. The van der Waals surface area contributed by atoms with Crippen molar-refractivity contribution in [1.29, 1.82) is 0 Å². The van der Waals surface area contributed by atoms with Gasteiger partial charge in [-0.3, -0.25) is 9.59 Å². The minimum atomic E-state index is -0.523. The van der Waals surface area contributed by atoms with Gasteiger partial charge in [0.25, 0.3) is 0 Å². The normalized spacial score (nSPS) is 10.5. The molecule has 0 aliphatic heterocycles. The summed E-state index contributed by atoms with van der Waals surface area (Å²) in [5.41, 5.74) is 2.27. The predicted octanol–water partition coefficient (Wildman–Crippen LogP) is 5.23. The van der Waals surface area contributed by atoms with E-state index in [2.05, 4.69) is 4.98 Å². The number of ether oxygens (including phenoxy) is 6. The lowest BCUT2D eigenvalue weighted by molar-refractivity contribution is -0.126. The molecule has 4 rings (SSSR count). The van der Waals surface area contributed by atoms with E-state index in [-0.39, 0.29) is 37.6 Å². The number of aromatic nitrogens is 1. The highest BCUT2D eigenvalue weighted by molar-refractivity contribution is 6.16. The molecule has 4 aromatic rings. The topological polar surface area (TPSA) is 106 Å². The Kier molecular flexibility index (Phi) is 11.0. The van der Waals surface area contributed by atoms with Gasteiger partial charge in [0.05, 0.1) is 41.3 Å². The van der Waals surface area contributed by atoms with E-state index in [4.69, 9.17) is 28.4 Å². The molecule has 0 saturated heterocycles. The SMILES string of the molecule is COc1ccc(CC(=O)N(C(=O)Cc2ccc(OC)cc2OC)c2ncccc2OCCOc2ccc(C)cc2)c(OC)c1. The molecule has 10 heteroatoms. The summed E-state index contributed by atoms with van der Waals surface area (Å²) in [5.74, 6) is 2.04. The zero-order valence-corrected chi connectivity index (χ0v) is 25.5. The molecular formula is C34H36N2O8. The molecule has 2 amide bonds. The van der Waals surface area contributed by atoms with Gasteiger partial charge in [-0.1, -0.05) is 29.8 Å². The number of imide groups is 1. The van der Waals surface area contributed by atoms with Crippen LogP contribution < -0.4 is 33.3 Å². The minimum absolute atomic E-state index is 0.0674. The standard InChI is InChI=1S/C34H36N2O8/c1-23-8-12-26(13-9-23)43-17-18-44-29-7-6-16-35-34(29)36(32(37)19-24-10-14-27(39-2)21-30(24)41-4)33(38)20-25-11-15-28(40-3)22-31(25)42-5/h6-16,21-22H,17-20H2,1-5H3. The van der Waals surface area contributed by atoms with E-state index in [9.17, 15) is 9.59 Å². The van der Waals surface area contributed by atoms with Crippen molar-refractivity contribution in [2.45, 2.75) is 19.8 Å². The average molecular weight is 601 g/mol. The first-order chi connectivity index (χ1) is 21.4. The Balaban J connectivity index is 1.62. The Labute approximate surface area is 257 Å². The van der Waals surface area contributed by atoms with E-state index in [1.165, 1.54) is 20.4 Å². The van der Waals surface area contributed by atoms with Gasteiger partial charge in [-0.2, -0.15) is 0 Å². The van der Waals surface area contributed by atoms with Crippen LogP contribution in [0.2, 0.25) is 0 Å². The van der Waals surface area contributed by atoms with E-state index < -0.39 is 11.8 Å². The molecule has 1 heterocycles. The van der Waals surface area contributed by atoms with Crippen LogP contribution in [-0.2, 0) is 22.4 Å². The Morgan fingerprint density at radius 1 is 0.636 bits per heavy atom. The Morgan fingerprint density at radius 2 is 1.16 bits per heavy atom. The number of hydrogen-bond donors (Lipinski definition) is 0. The second-order valence-corrected chi connectivity index (χ2v) is 9.67. The van der Waals surface area contributed by atoms with Gasteiger partial charge >= 0.3 is 0 Å². The molecule has 1 aromatic heterocycles. The van der Waals surface area contributed by atoms with Crippen LogP contribution in [0.15, 0.2) is 79.0 Å². The maximum atomic E-state index is 14.0. The molecule has 0 spiro atoms. The van der Waals surface area contributed by atoms with Gasteiger partial charge in [0, 0.05) is 29.5 Å². The molecular weight excluding hydrogens is 564 g/mol. The number of methoxy groups -OCH3 is 4. The number of carbonyl (C=O) groups excluding carboxylic acids is 2. The Morgan fingerprint density at radius 3 is 1.68 bits per heavy atom. The lowest BCUT2D eigenvalue weighted by atomic mass is 10.1. The first-order valence-electron chi connectivity index (χ1n) is 13.9. The van der Waals surface area contributed by atoms with Crippen LogP contribution in [-0.4, -0.2) is 58.5 Å². The van der Waals surface area contributed by atoms with E-state index in [1.54, 1.807) is 62.8 Å². The molecule has 0 atom stereocenters. The van der Waals surface area contributed by atoms with Gasteiger partial charge in [0.2, 0.25) is 11.8 Å². The molecule has 0 aliphatic carbocycles. The zero-order chi connectivity index (χ0) is 31.5. The van der Waals surface area contributed by atoms with Crippen molar-refractivity contribution in [3.05, 3.63) is 95.7 Å². The third kappa shape index (κ3) is 7.97. The van der Waals surface area contributed by atoms with E-state index in [0.29, 0.717) is 39.9 Å². The number of carbonyl (C=O) groups is 2. The van der Waals surface area contributed by atoms with Crippen LogP contribution in [0.3, 0.4) is 0 Å². The third-order valence-electron chi connectivity index (χ3n) is 6.76. The quantitative estimate of drug-likeness (QED) is 0.180. The van der Waals surface area contributed by atoms with Crippen LogP contribution in [0.25, 0.3) is 0 Å². The molecule has 0 saturated carbocycles. The van der Waals surface area contributed by atoms with Crippen LogP contribution >= 0.6 is 0 Å². The van der Waals surface area contributed by atoms with Crippen molar-refractivity contribution < 1.29 is 38.0 Å². The number of benzene rings is 3. The highest BCUT2D eigenvalue weighted by Crippen LogP contribution is 2.31. The number of anilines is 1. The molecule has 44 heavy (non-hydrogen) atoms. The van der Waals surface area contributed by atoms with Crippen LogP contribution in [0.1, 0.15) is 16.7 Å². The predicted molar refractivity (Wildman–Crippen MR) is 165 cm³/mol. The lowest BCUT2D eigenvalue weighted by Crippen LogP contribution is -2.40. The number of amides is 2. The highest BCUT2D eigenvalue weighted by Gasteiger charge is 2.29. The number of nitrogens with zero attached hydrogens (tertiary/aromatic N) is 2. The molecule has 10 nitrogen and oxygen atoms in total. The fourth-order valence-electron chi connectivity index (χ4n) is 4.46. The molecule has 0 radical (unpaired) electrons. The van der Waals surface area contributed by atoms with Gasteiger partial charge in [-0.05, 0) is 43.3 Å². The molecule has 0 aliphatic rings. The van der Waals surface area contributed by atoms with Gasteiger partial charge in [-0.15, -0.1) is 0 Å². The number of aryl methyl sites for hydroxylation is 1. The van der Waals surface area contributed by atoms with Gasteiger partial charge in [-0.25, -0.2) is 9.88 Å². The fraction of sp³-hybridized carbons (Fsp3) is 0.265. The van der Waals surface area contributed by atoms with Crippen molar-refractivity contribution >= 4 is 17.6 Å². The Hall–Kier alpha value is -5.25. The first kappa shape index (κ1) is 31.7. The van der Waals surface area contributed by atoms with Gasteiger partial charge in [0.1, 0.15) is 42.0 Å². The van der Waals surface area contributed by atoms with Crippen LogP contribution in [0.4, 0.5) is 5.82 Å². The Bertz CT molecular complexity index is 1500. The summed E-state index contributed by atoms with van der Waals surface area (Å²) in [4.78, 5) is 33.4. The average Bonchev–Trinajstić information content (AvgIpc) is 3.05. The van der Waals surface area contributed by atoms with E-state index >= 15 is 0 Å². The minimum Gasteiger partial charge on any atom is -0.497 e. The number of rotatable bonds is 14. The largest absolute Gasteiger partial charge is 0.497 e. The summed E-state index contributed by atoms with van der Waals surface area (Å²) in [5, 5.41) is 0. The van der Waals surface area contributed by atoms with Crippen molar-refractivity contribution in [1.82, 2.24) is 4.98 Å². The molecule has 0 bridgehead atoms. The molecule has 230 valence electrons. The number of hydrogen-bond acceptors (Lipinski definition) is 9.